The third-order valence-corrected chi connectivity index (χ3v) is 3.84. The summed E-state index contributed by atoms with van der Waals surface area (Å²) in [5.41, 5.74) is 0. The van der Waals surface area contributed by atoms with E-state index in [9.17, 15) is 0 Å². The quantitative estimate of drug-likeness (QED) is 0.512. The Morgan fingerprint density at radius 2 is 1.20 bits per heavy atom. The Balaban J connectivity index is 4.65. The lowest BCUT2D eigenvalue weighted by molar-refractivity contribution is -0.985. The van der Waals surface area contributed by atoms with Gasteiger partial charge in [-0.2, -0.15) is 0 Å². The van der Waals surface area contributed by atoms with Crippen molar-refractivity contribution in [2.24, 2.45) is 0 Å². The van der Waals surface area contributed by atoms with Crippen LogP contribution in [0.2, 0.25) is 0 Å². The maximum Gasteiger partial charge on any atom is 0.0837 e. The first kappa shape index (κ1) is 14.9. The van der Waals surface area contributed by atoms with Crippen LogP contribution < -0.4 is 0 Å². The van der Waals surface area contributed by atoms with E-state index in [-0.39, 0.29) is 0 Å². The molecule has 0 aliphatic heterocycles. The molecule has 0 spiro atoms. The zero-order valence-electron chi connectivity index (χ0n) is 11.5. The van der Waals surface area contributed by atoms with Gasteiger partial charge in [-0.15, -0.1) is 0 Å². The maximum atomic E-state index is 8.87. The summed E-state index contributed by atoms with van der Waals surface area (Å²) in [5, 5.41) is 8.87. The predicted molar refractivity (Wildman–Crippen MR) is 66.9 cm³/mol. The van der Waals surface area contributed by atoms with E-state index >= 15 is 0 Å². The fraction of sp³-hybridized carbons (Fsp3) is 1.00. The van der Waals surface area contributed by atoms with Crippen molar-refractivity contribution in [1.29, 1.82) is 0 Å². The molecular weight excluding hydrogens is 186 g/mol. The number of unbranched alkanes of at least 4 members (excludes halogenated alkanes) is 1. The molecule has 92 valence electrons. The van der Waals surface area contributed by atoms with Crippen LogP contribution in [0.4, 0.5) is 0 Å². The SMILES string of the molecule is CC(C)[N+](CCCCO)(C(C)C)C(C)C. The molecule has 0 saturated heterocycles. The molecule has 0 heterocycles. The summed E-state index contributed by atoms with van der Waals surface area (Å²) >= 11 is 0. The zero-order chi connectivity index (χ0) is 12.1. The highest BCUT2D eigenvalue weighted by molar-refractivity contribution is 4.59. The van der Waals surface area contributed by atoms with Crippen molar-refractivity contribution in [2.45, 2.75) is 72.5 Å². The van der Waals surface area contributed by atoms with E-state index in [0.717, 1.165) is 12.8 Å². The van der Waals surface area contributed by atoms with E-state index in [1.54, 1.807) is 0 Å². The Hall–Kier alpha value is -0.0800. The van der Waals surface area contributed by atoms with Gasteiger partial charge in [0.25, 0.3) is 0 Å². The molecule has 1 N–H and O–H groups in total. The van der Waals surface area contributed by atoms with Crippen LogP contribution in [0, 0.1) is 0 Å². The number of nitrogens with zero attached hydrogens (tertiary/aromatic N) is 1. The molecule has 0 aromatic heterocycles. The van der Waals surface area contributed by atoms with Gasteiger partial charge in [0.15, 0.2) is 0 Å². The lowest BCUT2D eigenvalue weighted by Gasteiger charge is -2.49. The molecule has 0 bridgehead atoms. The normalized spacial score (nSPS) is 13.2. The molecule has 0 aliphatic carbocycles. The average molecular weight is 216 g/mol. The molecule has 2 heteroatoms. The molecule has 2 nitrogen and oxygen atoms in total. The lowest BCUT2D eigenvalue weighted by Crippen LogP contribution is -2.62. The largest absolute Gasteiger partial charge is 0.396 e. The summed E-state index contributed by atoms with van der Waals surface area (Å²) in [6.45, 7) is 15.4. The van der Waals surface area contributed by atoms with Gasteiger partial charge in [0.1, 0.15) is 0 Å². The van der Waals surface area contributed by atoms with E-state index in [0.29, 0.717) is 24.7 Å². The van der Waals surface area contributed by atoms with Crippen molar-refractivity contribution >= 4 is 0 Å². The van der Waals surface area contributed by atoms with Crippen LogP contribution in [-0.4, -0.2) is 40.9 Å². The molecule has 15 heavy (non-hydrogen) atoms. The van der Waals surface area contributed by atoms with Crippen molar-refractivity contribution in [3.05, 3.63) is 0 Å². The highest BCUT2D eigenvalue weighted by Crippen LogP contribution is 2.25. The van der Waals surface area contributed by atoms with Gasteiger partial charge in [-0.1, -0.05) is 0 Å². The summed E-state index contributed by atoms with van der Waals surface area (Å²) in [5.74, 6) is 0. The van der Waals surface area contributed by atoms with Crippen molar-refractivity contribution in [1.82, 2.24) is 0 Å². The summed E-state index contributed by atoms with van der Waals surface area (Å²) < 4.78 is 1.17. The first-order chi connectivity index (χ1) is 6.89. The minimum atomic E-state index is 0.328. The number of hydrogen-bond donors (Lipinski definition) is 1. The Morgan fingerprint density at radius 1 is 0.800 bits per heavy atom. The number of aliphatic hydroxyl groups excluding tert-OH is 1. The smallest absolute Gasteiger partial charge is 0.0837 e. The van der Waals surface area contributed by atoms with Crippen LogP contribution in [0.15, 0.2) is 0 Å². The van der Waals surface area contributed by atoms with Crippen LogP contribution in [0.1, 0.15) is 54.4 Å². The number of quaternary nitrogens is 1. The third kappa shape index (κ3) is 3.46. The molecule has 0 aromatic rings. The summed E-state index contributed by atoms with van der Waals surface area (Å²) in [7, 11) is 0. The van der Waals surface area contributed by atoms with Gasteiger partial charge in [-0.3, -0.25) is 0 Å². The summed E-state index contributed by atoms with van der Waals surface area (Å²) in [6, 6.07) is 1.97. The van der Waals surface area contributed by atoms with E-state index in [2.05, 4.69) is 41.5 Å². The number of rotatable bonds is 7. The first-order valence-corrected chi connectivity index (χ1v) is 6.37. The Kier molecular flexibility index (Phi) is 6.46. The van der Waals surface area contributed by atoms with Gasteiger partial charge < -0.3 is 9.59 Å². The predicted octanol–water partition coefficient (Wildman–Crippen LogP) is 2.80. The van der Waals surface area contributed by atoms with Crippen molar-refractivity contribution in [2.75, 3.05) is 13.2 Å². The molecular formula is C13H30NO+. The molecule has 0 atom stereocenters. The van der Waals surface area contributed by atoms with Gasteiger partial charge in [-0.25, -0.2) is 0 Å². The third-order valence-electron chi connectivity index (χ3n) is 3.84. The van der Waals surface area contributed by atoms with Crippen molar-refractivity contribution in [3.8, 4) is 0 Å². The van der Waals surface area contributed by atoms with Crippen LogP contribution >= 0.6 is 0 Å². The Morgan fingerprint density at radius 3 is 1.47 bits per heavy atom. The lowest BCUT2D eigenvalue weighted by atomic mass is 10.0. The second-order valence-corrected chi connectivity index (χ2v) is 5.43. The topological polar surface area (TPSA) is 20.2 Å². The van der Waals surface area contributed by atoms with Crippen LogP contribution in [-0.2, 0) is 0 Å². The standard InChI is InChI=1S/C13H30NO/c1-11(2)14(12(3)4,13(5)6)9-7-8-10-15/h11-13,15H,7-10H2,1-6H3/q+1. The molecule has 0 radical (unpaired) electrons. The summed E-state index contributed by atoms with van der Waals surface area (Å²) in [4.78, 5) is 0. The van der Waals surface area contributed by atoms with E-state index in [1.807, 2.05) is 0 Å². The fourth-order valence-electron chi connectivity index (χ4n) is 3.06. The molecule has 0 amide bonds. The maximum absolute atomic E-state index is 8.87. The van der Waals surface area contributed by atoms with Gasteiger partial charge in [0.05, 0.1) is 24.7 Å². The zero-order valence-corrected chi connectivity index (χ0v) is 11.5. The minimum absolute atomic E-state index is 0.328. The second-order valence-electron chi connectivity index (χ2n) is 5.43. The van der Waals surface area contributed by atoms with Crippen molar-refractivity contribution < 1.29 is 9.59 Å². The minimum Gasteiger partial charge on any atom is -0.396 e. The average Bonchev–Trinajstić information content (AvgIpc) is 2.10. The molecule has 0 aromatic carbocycles. The van der Waals surface area contributed by atoms with Crippen molar-refractivity contribution in [3.63, 3.8) is 0 Å². The molecule has 0 fully saturated rings. The monoisotopic (exact) mass is 216 g/mol. The molecule has 0 rings (SSSR count). The summed E-state index contributed by atoms with van der Waals surface area (Å²) in [6.07, 6.45) is 2.07. The van der Waals surface area contributed by atoms with E-state index < -0.39 is 0 Å². The van der Waals surface area contributed by atoms with Crippen LogP contribution in [0.5, 0.6) is 0 Å². The Labute approximate surface area is 95.9 Å². The number of aliphatic hydroxyl groups is 1. The first-order valence-electron chi connectivity index (χ1n) is 6.37. The number of hydrogen-bond acceptors (Lipinski definition) is 1. The van der Waals surface area contributed by atoms with Crippen LogP contribution in [0.3, 0.4) is 0 Å². The van der Waals surface area contributed by atoms with Gasteiger partial charge in [0, 0.05) is 6.61 Å². The molecule has 0 unspecified atom stereocenters. The fourth-order valence-corrected chi connectivity index (χ4v) is 3.06. The van der Waals surface area contributed by atoms with Crippen LogP contribution in [0.25, 0.3) is 0 Å². The van der Waals surface area contributed by atoms with E-state index in [4.69, 9.17) is 5.11 Å². The second kappa shape index (κ2) is 6.49. The highest BCUT2D eigenvalue weighted by Gasteiger charge is 2.36. The highest BCUT2D eigenvalue weighted by atomic mass is 16.2. The molecule has 0 saturated carbocycles. The van der Waals surface area contributed by atoms with Gasteiger partial charge >= 0.3 is 0 Å². The van der Waals surface area contributed by atoms with E-state index in [1.165, 1.54) is 11.0 Å². The van der Waals surface area contributed by atoms with Gasteiger partial charge in [0.2, 0.25) is 0 Å². The Bertz CT molecular complexity index is 142. The van der Waals surface area contributed by atoms with Gasteiger partial charge in [-0.05, 0) is 54.4 Å². The molecule has 0 aliphatic rings.